The molecule has 1 aromatic carbocycles. The molecular formula is C21H20N8O. The second-order valence-electron chi connectivity index (χ2n) is 7.12. The second-order valence-corrected chi connectivity index (χ2v) is 7.12. The van der Waals surface area contributed by atoms with Gasteiger partial charge in [-0.1, -0.05) is 18.2 Å². The molecule has 0 amide bonds. The Hall–Kier alpha value is -3.88. The monoisotopic (exact) mass is 400 g/mol. The van der Waals surface area contributed by atoms with E-state index in [4.69, 9.17) is 9.84 Å². The normalized spacial score (nSPS) is 13.1. The van der Waals surface area contributed by atoms with Crippen LogP contribution < -0.4 is 4.74 Å². The molecule has 0 radical (unpaired) electrons. The van der Waals surface area contributed by atoms with Crippen LogP contribution in [0.4, 0.5) is 0 Å². The maximum absolute atomic E-state index is 5.13. The molecule has 0 aliphatic carbocycles. The molecule has 9 heteroatoms. The Balaban J connectivity index is 1.43. The molecule has 0 fully saturated rings. The van der Waals surface area contributed by atoms with Crippen molar-refractivity contribution in [3.63, 3.8) is 0 Å². The number of ether oxygens (including phenoxy) is 1. The largest absolute Gasteiger partial charge is 0.494 e. The Morgan fingerprint density at radius 3 is 2.67 bits per heavy atom. The van der Waals surface area contributed by atoms with E-state index in [-0.39, 0.29) is 0 Å². The van der Waals surface area contributed by atoms with Crippen LogP contribution in [0.5, 0.6) is 5.75 Å². The number of methoxy groups -OCH3 is 1. The molecule has 1 aliphatic heterocycles. The molecule has 0 spiro atoms. The predicted molar refractivity (Wildman–Crippen MR) is 110 cm³/mol. The van der Waals surface area contributed by atoms with E-state index in [0.717, 1.165) is 46.9 Å². The zero-order chi connectivity index (χ0) is 20.5. The van der Waals surface area contributed by atoms with Gasteiger partial charge in [0.15, 0.2) is 23.2 Å². The molecule has 0 bridgehead atoms. The second kappa shape index (κ2) is 7.51. The van der Waals surface area contributed by atoms with Gasteiger partial charge in [-0.05, 0) is 18.1 Å². The molecule has 1 aliphatic rings. The molecule has 9 nitrogen and oxygen atoms in total. The summed E-state index contributed by atoms with van der Waals surface area (Å²) < 4.78 is 8.78. The summed E-state index contributed by atoms with van der Waals surface area (Å²) in [6.45, 7) is 0. The van der Waals surface area contributed by atoms with E-state index in [0.29, 0.717) is 18.0 Å². The minimum Gasteiger partial charge on any atom is -0.494 e. The van der Waals surface area contributed by atoms with Gasteiger partial charge in [0.2, 0.25) is 0 Å². The van der Waals surface area contributed by atoms with Gasteiger partial charge in [-0.3, -0.25) is 4.68 Å². The first-order chi connectivity index (χ1) is 14.7. The minimum atomic E-state index is 0.612. The molecular weight excluding hydrogens is 380 g/mol. The predicted octanol–water partition coefficient (Wildman–Crippen LogP) is 2.27. The summed E-state index contributed by atoms with van der Waals surface area (Å²) in [6, 6.07) is 8.11. The fraction of sp³-hybridized carbons (Fsp3) is 0.238. The molecule has 0 saturated heterocycles. The lowest BCUT2D eigenvalue weighted by atomic mass is 10.1. The summed E-state index contributed by atoms with van der Waals surface area (Å²) in [4.78, 5) is 8.75. The standard InChI is InChI=1S/C21H20N8O/c1-28-13-16(10-24-28)18-6-7-19-25-26-20(29(19)27-18)9-14-4-3-5-15(8-14)21-22-11-17(30-2)12-23-21/h3-5,8,10-13H,6-7,9H2,1-2H3. The first-order valence-electron chi connectivity index (χ1n) is 9.65. The molecule has 4 heterocycles. The van der Waals surface area contributed by atoms with Gasteiger partial charge in [-0.2, -0.15) is 10.2 Å². The summed E-state index contributed by atoms with van der Waals surface area (Å²) in [6.07, 6.45) is 9.39. The lowest BCUT2D eigenvalue weighted by molar-refractivity contribution is 0.411. The molecule has 30 heavy (non-hydrogen) atoms. The smallest absolute Gasteiger partial charge is 0.159 e. The van der Waals surface area contributed by atoms with E-state index in [1.807, 2.05) is 36.3 Å². The third kappa shape index (κ3) is 3.45. The fourth-order valence-electron chi connectivity index (χ4n) is 3.48. The van der Waals surface area contributed by atoms with E-state index in [9.17, 15) is 0 Å². The Morgan fingerprint density at radius 1 is 1.03 bits per heavy atom. The van der Waals surface area contributed by atoms with Crippen molar-refractivity contribution >= 4 is 5.71 Å². The molecule has 3 aromatic heterocycles. The summed E-state index contributed by atoms with van der Waals surface area (Å²) in [7, 11) is 3.50. The van der Waals surface area contributed by atoms with Gasteiger partial charge in [-0.15, -0.1) is 10.2 Å². The Bertz CT molecular complexity index is 1220. The van der Waals surface area contributed by atoms with E-state index >= 15 is 0 Å². The van der Waals surface area contributed by atoms with Gasteiger partial charge >= 0.3 is 0 Å². The number of aromatic nitrogens is 7. The first-order valence-corrected chi connectivity index (χ1v) is 9.65. The third-order valence-electron chi connectivity index (χ3n) is 5.03. The van der Waals surface area contributed by atoms with Gasteiger partial charge in [-0.25, -0.2) is 14.6 Å². The van der Waals surface area contributed by atoms with Gasteiger partial charge in [0, 0.05) is 37.2 Å². The Kier molecular flexibility index (Phi) is 4.55. The van der Waals surface area contributed by atoms with Crippen LogP contribution in [0.3, 0.4) is 0 Å². The van der Waals surface area contributed by atoms with E-state index in [1.54, 1.807) is 24.2 Å². The van der Waals surface area contributed by atoms with Crippen LogP contribution in [0.25, 0.3) is 11.4 Å². The highest BCUT2D eigenvalue weighted by atomic mass is 16.5. The van der Waals surface area contributed by atoms with Crippen molar-refractivity contribution < 1.29 is 4.74 Å². The fourth-order valence-corrected chi connectivity index (χ4v) is 3.48. The van der Waals surface area contributed by atoms with Crippen LogP contribution in [0.1, 0.15) is 29.2 Å². The quantitative estimate of drug-likeness (QED) is 0.510. The van der Waals surface area contributed by atoms with Crippen LogP contribution in [-0.2, 0) is 19.9 Å². The summed E-state index contributed by atoms with van der Waals surface area (Å²) in [5, 5.41) is 17.8. The molecule has 0 saturated carbocycles. The van der Waals surface area contributed by atoms with Crippen molar-refractivity contribution in [3.05, 3.63) is 71.8 Å². The Morgan fingerprint density at radius 2 is 1.90 bits per heavy atom. The lowest BCUT2D eigenvalue weighted by Gasteiger charge is -2.13. The lowest BCUT2D eigenvalue weighted by Crippen LogP contribution is -2.15. The van der Waals surface area contributed by atoms with Crippen molar-refractivity contribution in [1.29, 1.82) is 0 Å². The topological polar surface area (TPSA) is 95.9 Å². The number of hydrogen-bond acceptors (Lipinski definition) is 7. The first kappa shape index (κ1) is 18.2. The molecule has 4 aromatic rings. The van der Waals surface area contributed by atoms with Crippen molar-refractivity contribution in [1.82, 2.24) is 34.6 Å². The van der Waals surface area contributed by atoms with Crippen LogP contribution in [-0.4, -0.2) is 47.4 Å². The Labute approximate surface area is 173 Å². The average molecular weight is 400 g/mol. The summed E-state index contributed by atoms with van der Waals surface area (Å²) in [5.41, 5.74) is 4.05. The minimum absolute atomic E-state index is 0.612. The van der Waals surface area contributed by atoms with Gasteiger partial charge in [0.05, 0.1) is 31.4 Å². The van der Waals surface area contributed by atoms with Crippen molar-refractivity contribution in [2.45, 2.75) is 19.3 Å². The maximum atomic E-state index is 5.13. The van der Waals surface area contributed by atoms with Crippen LogP contribution in [0.2, 0.25) is 0 Å². The zero-order valence-corrected chi connectivity index (χ0v) is 16.7. The molecule has 0 atom stereocenters. The van der Waals surface area contributed by atoms with Crippen LogP contribution >= 0.6 is 0 Å². The number of fused-ring (bicyclic) bond motifs is 1. The zero-order valence-electron chi connectivity index (χ0n) is 16.7. The molecule has 0 unspecified atom stereocenters. The van der Waals surface area contributed by atoms with Gasteiger partial charge < -0.3 is 4.74 Å². The number of nitrogens with zero attached hydrogens (tertiary/aromatic N) is 8. The molecule has 150 valence electrons. The number of hydrogen-bond donors (Lipinski definition) is 0. The van der Waals surface area contributed by atoms with E-state index in [1.165, 1.54) is 0 Å². The maximum Gasteiger partial charge on any atom is 0.159 e. The summed E-state index contributed by atoms with van der Waals surface area (Å²) in [5.74, 6) is 2.97. The van der Waals surface area contributed by atoms with Crippen molar-refractivity contribution in [2.75, 3.05) is 7.11 Å². The highest BCUT2D eigenvalue weighted by Gasteiger charge is 2.20. The van der Waals surface area contributed by atoms with E-state index in [2.05, 4.69) is 37.4 Å². The number of benzene rings is 1. The number of rotatable bonds is 5. The highest BCUT2D eigenvalue weighted by molar-refractivity contribution is 6.00. The average Bonchev–Trinajstić information content (AvgIpc) is 3.40. The van der Waals surface area contributed by atoms with Crippen molar-refractivity contribution in [3.8, 4) is 17.1 Å². The van der Waals surface area contributed by atoms with Crippen molar-refractivity contribution in [2.24, 2.45) is 12.1 Å². The van der Waals surface area contributed by atoms with Gasteiger partial charge in [0.1, 0.15) is 0 Å². The number of aryl methyl sites for hydroxylation is 2. The van der Waals surface area contributed by atoms with Crippen LogP contribution in [0.15, 0.2) is 54.2 Å². The highest BCUT2D eigenvalue weighted by Crippen LogP contribution is 2.21. The van der Waals surface area contributed by atoms with E-state index < -0.39 is 0 Å². The van der Waals surface area contributed by atoms with Crippen LogP contribution in [0, 0.1) is 0 Å². The van der Waals surface area contributed by atoms with Gasteiger partial charge in [0.25, 0.3) is 0 Å². The molecule has 5 rings (SSSR count). The molecule has 0 N–H and O–H groups in total. The summed E-state index contributed by atoms with van der Waals surface area (Å²) >= 11 is 0. The SMILES string of the molecule is COc1cnc(-c2cccc(Cc3nnc4n3N=C(c3cnn(C)c3)CC4)c2)nc1. The third-order valence-corrected chi connectivity index (χ3v) is 5.03.